The van der Waals surface area contributed by atoms with Crippen molar-refractivity contribution in [1.29, 1.82) is 5.26 Å². The maximum Gasteiger partial charge on any atom is 0.167 e. The molecule has 21 heavy (non-hydrogen) atoms. The molecule has 1 aliphatic heterocycles. The van der Waals surface area contributed by atoms with Crippen LogP contribution in [0.2, 0.25) is 0 Å². The van der Waals surface area contributed by atoms with Gasteiger partial charge in [-0.25, -0.2) is 9.98 Å². The predicted octanol–water partition coefficient (Wildman–Crippen LogP) is 2.04. The molecule has 0 N–H and O–H groups in total. The van der Waals surface area contributed by atoms with Crippen LogP contribution in [0.5, 0.6) is 5.75 Å². The number of nitrogens with zero attached hydrogens (tertiary/aromatic N) is 5. The molecule has 0 unspecified atom stereocenters. The Hall–Kier alpha value is -2.68. The number of rotatable bonds is 4. The number of ether oxygens (including phenoxy) is 1. The smallest absolute Gasteiger partial charge is 0.167 e. The predicted molar refractivity (Wildman–Crippen MR) is 83.3 cm³/mol. The lowest BCUT2D eigenvalue weighted by molar-refractivity contribution is 0.411. The quantitative estimate of drug-likeness (QED) is 0.626. The van der Waals surface area contributed by atoms with E-state index in [9.17, 15) is 5.26 Å². The third kappa shape index (κ3) is 3.45. The SMILES string of the molecule is COc1cc(N=CN(C)C)c(C#N)nc1C1=CCN=CC1. The lowest BCUT2D eigenvalue weighted by Crippen LogP contribution is -2.07. The molecular formula is C15H17N5O. The third-order valence-electron chi connectivity index (χ3n) is 2.91. The van der Waals surface area contributed by atoms with Gasteiger partial charge >= 0.3 is 0 Å². The highest BCUT2D eigenvalue weighted by molar-refractivity contribution is 5.83. The number of hydrogen-bond donors (Lipinski definition) is 0. The van der Waals surface area contributed by atoms with Gasteiger partial charge in [-0.2, -0.15) is 5.26 Å². The molecule has 0 aromatic carbocycles. The Morgan fingerprint density at radius 2 is 2.29 bits per heavy atom. The zero-order valence-electron chi connectivity index (χ0n) is 12.4. The molecule has 0 fully saturated rings. The summed E-state index contributed by atoms with van der Waals surface area (Å²) < 4.78 is 5.40. The summed E-state index contributed by atoms with van der Waals surface area (Å²) in [5.41, 5.74) is 2.48. The molecule has 0 amide bonds. The Morgan fingerprint density at radius 3 is 2.86 bits per heavy atom. The van der Waals surface area contributed by atoms with Crippen molar-refractivity contribution in [2.24, 2.45) is 9.98 Å². The maximum atomic E-state index is 9.28. The second-order valence-corrected chi connectivity index (χ2v) is 4.71. The molecule has 1 aliphatic rings. The van der Waals surface area contributed by atoms with E-state index in [1.165, 1.54) is 0 Å². The normalized spacial score (nSPS) is 13.9. The molecule has 108 valence electrons. The first kappa shape index (κ1) is 14.7. The van der Waals surface area contributed by atoms with Crippen LogP contribution >= 0.6 is 0 Å². The Labute approximate surface area is 124 Å². The van der Waals surface area contributed by atoms with Gasteiger partial charge in [0, 0.05) is 32.8 Å². The lowest BCUT2D eigenvalue weighted by atomic mass is 10.1. The van der Waals surface area contributed by atoms with Crippen molar-refractivity contribution in [3.05, 3.63) is 23.5 Å². The van der Waals surface area contributed by atoms with E-state index in [1.54, 1.807) is 24.4 Å². The molecule has 0 atom stereocenters. The van der Waals surface area contributed by atoms with Crippen LogP contribution in [0.15, 0.2) is 22.1 Å². The molecule has 0 radical (unpaired) electrons. The number of nitriles is 1. The Morgan fingerprint density at radius 1 is 1.48 bits per heavy atom. The van der Waals surface area contributed by atoms with Crippen molar-refractivity contribution in [2.75, 3.05) is 27.7 Å². The van der Waals surface area contributed by atoms with Gasteiger partial charge in [-0.15, -0.1) is 0 Å². The van der Waals surface area contributed by atoms with Gasteiger partial charge in [-0.3, -0.25) is 4.99 Å². The highest BCUT2D eigenvalue weighted by atomic mass is 16.5. The van der Waals surface area contributed by atoms with E-state index in [1.807, 2.05) is 26.4 Å². The van der Waals surface area contributed by atoms with Gasteiger partial charge in [0.25, 0.3) is 0 Å². The summed E-state index contributed by atoms with van der Waals surface area (Å²) in [6.45, 7) is 0.628. The van der Waals surface area contributed by atoms with Crippen molar-refractivity contribution < 1.29 is 4.74 Å². The fraction of sp³-hybridized carbons (Fsp3) is 0.333. The molecule has 1 aromatic heterocycles. The van der Waals surface area contributed by atoms with E-state index in [0.29, 0.717) is 30.1 Å². The zero-order chi connectivity index (χ0) is 15.2. The minimum Gasteiger partial charge on any atom is -0.494 e. The monoisotopic (exact) mass is 283 g/mol. The minimum atomic E-state index is 0.285. The molecule has 2 heterocycles. The number of pyridine rings is 1. The van der Waals surface area contributed by atoms with Gasteiger partial charge in [-0.05, 0) is 5.57 Å². The molecule has 1 aromatic rings. The van der Waals surface area contributed by atoms with Crippen molar-refractivity contribution >= 4 is 23.8 Å². The number of methoxy groups -OCH3 is 1. The largest absolute Gasteiger partial charge is 0.494 e. The van der Waals surface area contributed by atoms with Crippen LogP contribution in [0.4, 0.5) is 5.69 Å². The first-order valence-electron chi connectivity index (χ1n) is 6.53. The molecule has 0 bridgehead atoms. The summed E-state index contributed by atoms with van der Waals surface area (Å²) in [4.78, 5) is 14.6. The molecule has 0 spiro atoms. The van der Waals surface area contributed by atoms with Crippen LogP contribution in [0, 0.1) is 11.3 Å². The molecule has 6 heteroatoms. The topological polar surface area (TPSA) is 73.9 Å². The van der Waals surface area contributed by atoms with Gasteiger partial charge in [0.2, 0.25) is 0 Å². The lowest BCUT2D eigenvalue weighted by Gasteiger charge is -2.13. The second kappa shape index (κ2) is 6.66. The van der Waals surface area contributed by atoms with Crippen LogP contribution in [-0.4, -0.2) is 50.2 Å². The highest BCUT2D eigenvalue weighted by Gasteiger charge is 2.16. The summed E-state index contributed by atoms with van der Waals surface area (Å²) in [7, 11) is 5.31. The average Bonchev–Trinajstić information content (AvgIpc) is 2.52. The number of hydrogen-bond acceptors (Lipinski definition) is 5. The summed E-state index contributed by atoms with van der Waals surface area (Å²) in [6.07, 6.45) is 6.16. The van der Waals surface area contributed by atoms with Crippen LogP contribution in [-0.2, 0) is 0 Å². The number of aromatic nitrogens is 1. The molecule has 0 saturated carbocycles. The number of aliphatic imine (C=N–C) groups is 2. The Bertz CT molecular complexity index is 653. The van der Waals surface area contributed by atoms with Gasteiger partial charge in [0.15, 0.2) is 5.69 Å². The standard InChI is InChI=1S/C15H17N5O/c1-20(2)10-18-12-8-14(21-3)15(19-13(12)9-16)11-4-6-17-7-5-11/h4,7-8,10H,5-6H2,1-3H3. The van der Waals surface area contributed by atoms with E-state index in [2.05, 4.69) is 21.0 Å². The van der Waals surface area contributed by atoms with E-state index in [0.717, 1.165) is 5.57 Å². The Kier molecular flexibility index (Phi) is 4.67. The highest BCUT2D eigenvalue weighted by Crippen LogP contribution is 2.32. The maximum absolute atomic E-state index is 9.28. The number of allylic oxidation sites excluding steroid dienone is 1. The average molecular weight is 283 g/mol. The van der Waals surface area contributed by atoms with E-state index >= 15 is 0 Å². The van der Waals surface area contributed by atoms with Crippen molar-refractivity contribution in [1.82, 2.24) is 9.88 Å². The van der Waals surface area contributed by atoms with Crippen molar-refractivity contribution in [3.63, 3.8) is 0 Å². The van der Waals surface area contributed by atoms with E-state index in [-0.39, 0.29) is 5.69 Å². The minimum absolute atomic E-state index is 0.285. The van der Waals surface area contributed by atoms with Crippen LogP contribution in [0.1, 0.15) is 17.8 Å². The van der Waals surface area contributed by atoms with Crippen LogP contribution < -0.4 is 4.74 Å². The van der Waals surface area contributed by atoms with Crippen molar-refractivity contribution in [3.8, 4) is 11.8 Å². The van der Waals surface area contributed by atoms with Gasteiger partial charge in [0.05, 0.1) is 20.0 Å². The van der Waals surface area contributed by atoms with E-state index < -0.39 is 0 Å². The molecular weight excluding hydrogens is 266 g/mol. The summed E-state index contributed by atoms with van der Waals surface area (Å²) >= 11 is 0. The first-order chi connectivity index (χ1) is 10.2. The van der Waals surface area contributed by atoms with Gasteiger partial charge < -0.3 is 9.64 Å². The summed E-state index contributed by atoms with van der Waals surface area (Å²) in [5.74, 6) is 0.612. The van der Waals surface area contributed by atoms with Crippen molar-refractivity contribution in [2.45, 2.75) is 6.42 Å². The zero-order valence-corrected chi connectivity index (χ0v) is 12.4. The molecule has 0 aliphatic carbocycles. The number of dihydropyridines is 1. The van der Waals surface area contributed by atoms with Crippen LogP contribution in [0.3, 0.4) is 0 Å². The summed E-state index contributed by atoms with van der Waals surface area (Å²) in [5, 5.41) is 9.28. The fourth-order valence-electron chi connectivity index (χ4n) is 1.91. The van der Waals surface area contributed by atoms with Gasteiger partial charge in [0.1, 0.15) is 23.2 Å². The third-order valence-corrected chi connectivity index (χ3v) is 2.91. The fourth-order valence-corrected chi connectivity index (χ4v) is 1.91. The first-order valence-corrected chi connectivity index (χ1v) is 6.53. The molecule has 6 nitrogen and oxygen atoms in total. The van der Waals surface area contributed by atoms with E-state index in [4.69, 9.17) is 4.74 Å². The Balaban J connectivity index is 2.48. The summed E-state index contributed by atoms with van der Waals surface area (Å²) in [6, 6.07) is 3.83. The second-order valence-electron chi connectivity index (χ2n) is 4.71. The van der Waals surface area contributed by atoms with Gasteiger partial charge in [-0.1, -0.05) is 6.08 Å². The molecule has 0 saturated heterocycles. The van der Waals surface area contributed by atoms with Crippen LogP contribution in [0.25, 0.3) is 5.57 Å². The molecule has 2 rings (SSSR count).